The third kappa shape index (κ3) is 2.99. The normalized spacial score (nSPS) is 12.2. The topological polar surface area (TPSA) is 23.5 Å². The maximum Gasteiger partial charge on any atom is 0.123 e. The molecule has 0 saturated carbocycles. The van der Waals surface area contributed by atoms with Gasteiger partial charge in [0, 0.05) is 24.0 Å². The third-order valence-electron chi connectivity index (χ3n) is 3.53. The number of hydrogen-bond donors (Lipinski definition) is 1. The van der Waals surface area contributed by atoms with E-state index >= 15 is 0 Å². The van der Waals surface area contributed by atoms with Crippen LogP contribution in [0.2, 0.25) is 0 Å². The molecule has 106 valence electrons. The lowest BCUT2D eigenvalue weighted by Gasteiger charge is -2.24. The zero-order valence-electron chi connectivity index (χ0n) is 12.1. The van der Waals surface area contributed by atoms with E-state index in [9.17, 15) is 9.50 Å². The molecule has 0 aliphatic heterocycles. The molecule has 1 N–H and O–H groups in total. The van der Waals surface area contributed by atoms with E-state index in [2.05, 4.69) is 19.1 Å². The van der Waals surface area contributed by atoms with Gasteiger partial charge in [0.2, 0.25) is 0 Å². The molecular formula is C17H20FNO. The fourth-order valence-electron chi connectivity index (χ4n) is 2.26. The summed E-state index contributed by atoms with van der Waals surface area (Å²) >= 11 is 0. The molecule has 2 aromatic rings. The van der Waals surface area contributed by atoms with Gasteiger partial charge in [-0.2, -0.15) is 0 Å². The number of anilines is 2. The quantitative estimate of drug-likeness (QED) is 0.902. The molecule has 0 spiro atoms. The van der Waals surface area contributed by atoms with Crippen LogP contribution in [-0.4, -0.2) is 12.2 Å². The van der Waals surface area contributed by atoms with Crippen molar-refractivity contribution in [3.8, 4) is 0 Å². The highest BCUT2D eigenvalue weighted by Crippen LogP contribution is 2.31. The van der Waals surface area contributed by atoms with Crippen molar-refractivity contribution in [2.75, 3.05) is 11.9 Å². The van der Waals surface area contributed by atoms with Gasteiger partial charge in [-0.1, -0.05) is 19.1 Å². The van der Waals surface area contributed by atoms with Gasteiger partial charge >= 0.3 is 0 Å². The number of aliphatic hydroxyl groups is 1. The molecule has 0 bridgehead atoms. The van der Waals surface area contributed by atoms with Gasteiger partial charge in [-0.15, -0.1) is 0 Å². The van der Waals surface area contributed by atoms with Crippen molar-refractivity contribution in [2.24, 2.45) is 0 Å². The maximum atomic E-state index is 13.3. The zero-order chi connectivity index (χ0) is 14.7. The highest BCUT2D eigenvalue weighted by Gasteiger charge is 2.14. The van der Waals surface area contributed by atoms with Gasteiger partial charge < -0.3 is 10.0 Å². The zero-order valence-corrected chi connectivity index (χ0v) is 12.1. The second kappa shape index (κ2) is 6.06. The summed E-state index contributed by atoms with van der Waals surface area (Å²) < 4.78 is 13.3. The molecule has 0 aliphatic carbocycles. The first-order valence-electron chi connectivity index (χ1n) is 6.83. The van der Waals surface area contributed by atoms with Crippen molar-refractivity contribution in [3.05, 3.63) is 59.4 Å². The highest BCUT2D eigenvalue weighted by molar-refractivity contribution is 5.66. The Bertz CT molecular complexity index is 578. The lowest BCUT2D eigenvalue weighted by atomic mass is 10.1. The molecule has 2 aromatic carbocycles. The molecule has 2 rings (SSSR count). The molecule has 0 amide bonds. The summed E-state index contributed by atoms with van der Waals surface area (Å²) in [7, 11) is 1.92. The number of hydrogen-bond acceptors (Lipinski definition) is 2. The molecule has 0 unspecified atom stereocenters. The average Bonchev–Trinajstić information content (AvgIpc) is 2.46. The van der Waals surface area contributed by atoms with Crippen molar-refractivity contribution in [1.29, 1.82) is 0 Å². The van der Waals surface area contributed by atoms with Gasteiger partial charge in [0.05, 0.1) is 6.10 Å². The number of aliphatic hydroxyl groups excluding tert-OH is 1. The molecule has 0 aromatic heterocycles. The van der Waals surface area contributed by atoms with Crippen molar-refractivity contribution < 1.29 is 9.50 Å². The first kappa shape index (κ1) is 14.5. The van der Waals surface area contributed by atoms with E-state index in [1.54, 1.807) is 13.0 Å². The predicted octanol–water partition coefficient (Wildman–Crippen LogP) is 4.21. The summed E-state index contributed by atoms with van der Waals surface area (Å²) in [5.74, 6) is -0.334. The van der Waals surface area contributed by atoms with Gasteiger partial charge in [0.25, 0.3) is 0 Å². The summed E-state index contributed by atoms with van der Waals surface area (Å²) in [4.78, 5) is 1.96. The van der Waals surface area contributed by atoms with Gasteiger partial charge in [-0.3, -0.25) is 0 Å². The van der Waals surface area contributed by atoms with Crippen LogP contribution >= 0.6 is 0 Å². The monoisotopic (exact) mass is 273 g/mol. The Morgan fingerprint density at radius 1 is 1.15 bits per heavy atom. The first-order chi connectivity index (χ1) is 9.52. The fraction of sp³-hybridized carbons (Fsp3) is 0.294. The number of benzene rings is 2. The summed E-state index contributed by atoms with van der Waals surface area (Å²) in [6.45, 7) is 3.76. The van der Waals surface area contributed by atoms with Gasteiger partial charge in [0.1, 0.15) is 5.82 Å². The predicted molar refractivity (Wildman–Crippen MR) is 80.9 cm³/mol. The van der Waals surface area contributed by atoms with E-state index < -0.39 is 6.10 Å². The molecule has 0 fully saturated rings. The van der Waals surface area contributed by atoms with Crippen LogP contribution in [0.3, 0.4) is 0 Å². The van der Waals surface area contributed by atoms with Crippen LogP contribution in [0.15, 0.2) is 42.5 Å². The third-order valence-corrected chi connectivity index (χ3v) is 3.53. The van der Waals surface area contributed by atoms with Crippen LogP contribution in [0, 0.1) is 5.82 Å². The molecule has 20 heavy (non-hydrogen) atoms. The van der Waals surface area contributed by atoms with Gasteiger partial charge in [-0.05, 0) is 49.2 Å². The van der Waals surface area contributed by atoms with Crippen LogP contribution in [0.5, 0.6) is 0 Å². The number of halogens is 1. The van der Waals surface area contributed by atoms with Gasteiger partial charge in [-0.25, -0.2) is 4.39 Å². The van der Waals surface area contributed by atoms with Crippen LogP contribution in [0.25, 0.3) is 0 Å². The van der Waals surface area contributed by atoms with Crippen LogP contribution in [0.1, 0.15) is 31.1 Å². The lowest BCUT2D eigenvalue weighted by molar-refractivity contribution is 0.199. The van der Waals surface area contributed by atoms with Crippen LogP contribution in [-0.2, 0) is 6.42 Å². The standard InChI is InChI=1S/C17H20FNO/c1-4-13-5-8-15(9-6-13)19(3)17-10-7-14(18)11-16(17)12(2)20/h5-12,20H,4H2,1-3H3/t12-/m1/s1. The Hall–Kier alpha value is -1.87. The lowest BCUT2D eigenvalue weighted by Crippen LogP contribution is -2.13. The minimum Gasteiger partial charge on any atom is -0.389 e. The Kier molecular flexibility index (Phi) is 4.40. The summed E-state index contributed by atoms with van der Waals surface area (Å²) in [5.41, 5.74) is 3.69. The highest BCUT2D eigenvalue weighted by atomic mass is 19.1. The van der Waals surface area contributed by atoms with Crippen molar-refractivity contribution in [3.63, 3.8) is 0 Å². The minimum absolute atomic E-state index is 0.334. The minimum atomic E-state index is -0.710. The van der Waals surface area contributed by atoms with E-state index in [0.717, 1.165) is 17.8 Å². The Morgan fingerprint density at radius 3 is 2.35 bits per heavy atom. The summed E-state index contributed by atoms with van der Waals surface area (Å²) in [5, 5.41) is 9.81. The molecule has 0 heterocycles. The average molecular weight is 273 g/mol. The number of aryl methyl sites for hydroxylation is 1. The second-order valence-electron chi connectivity index (χ2n) is 4.96. The Labute approximate surface area is 119 Å². The molecular weight excluding hydrogens is 253 g/mol. The Balaban J connectivity index is 2.39. The molecule has 0 aliphatic rings. The van der Waals surface area contributed by atoms with E-state index in [1.807, 2.05) is 24.1 Å². The molecule has 2 nitrogen and oxygen atoms in total. The van der Waals surface area contributed by atoms with Crippen LogP contribution in [0.4, 0.5) is 15.8 Å². The molecule has 1 atom stereocenters. The maximum absolute atomic E-state index is 13.3. The van der Waals surface area contributed by atoms with E-state index in [1.165, 1.54) is 17.7 Å². The molecule has 3 heteroatoms. The largest absolute Gasteiger partial charge is 0.389 e. The van der Waals surface area contributed by atoms with Gasteiger partial charge in [0.15, 0.2) is 0 Å². The Morgan fingerprint density at radius 2 is 1.80 bits per heavy atom. The smallest absolute Gasteiger partial charge is 0.123 e. The second-order valence-corrected chi connectivity index (χ2v) is 4.96. The fourth-order valence-corrected chi connectivity index (χ4v) is 2.26. The van der Waals surface area contributed by atoms with Crippen LogP contribution < -0.4 is 4.90 Å². The van der Waals surface area contributed by atoms with Crippen molar-refractivity contribution in [2.45, 2.75) is 26.4 Å². The van der Waals surface area contributed by atoms with Crippen molar-refractivity contribution >= 4 is 11.4 Å². The van der Waals surface area contributed by atoms with Crippen molar-refractivity contribution in [1.82, 2.24) is 0 Å². The van der Waals surface area contributed by atoms with E-state index in [4.69, 9.17) is 0 Å². The molecule has 0 radical (unpaired) electrons. The van der Waals surface area contributed by atoms with E-state index in [-0.39, 0.29) is 5.82 Å². The summed E-state index contributed by atoms with van der Waals surface area (Å²) in [6.07, 6.45) is 0.289. The number of rotatable bonds is 4. The first-order valence-corrected chi connectivity index (χ1v) is 6.83. The van der Waals surface area contributed by atoms with E-state index in [0.29, 0.717) is 5.56 Å². The SMILES string of the molecule is CCc1ccc(N(C)c2ccc(F)cc2[C@@H](C)O)cc1. The summed E-state index contributed by atoms with van der Waals surface area (Å²) in [6, 6.07) is 12.7. The number of nitrogens with zero attached hydrogens (tertiary/aromatic N) is 1. The molecule has 0 saturated heterocycles.